The molecular formula is C19H15N3O2S. The zero-order valence-electron chi connectivity index (χ0n) is 13.2. The van der Waals surface area contributed by atoms with Gasteiger partial charge in [0.2, 0.25) is 5.13 Å². The first kappa shape index (κ1) is 16.6. The fourth-order valence-corrected chi connectivity index (χ4v) is 2.76. The molecule has 0 unspecified atom stereocenters. The van der Waals surface area contributed by atoms with Crippen molar-refractivity contribution in [2.24, 2.45) is 5.10 Å². The van der Waals surface area contributed by atoms with Gasteiger partial charge in [0.25, 0.3) is 0 Å². The maximum atomic E-state index is 10.5. The minimum absolute atomic E-state index is 0.719. The second kappa shape index (κ2) is 8.03. The molecule has 2 aromatic carbocycles. The molecule has 0 amide bonds. The Hall–Kier alpha value is -3.25. The van der Waals surface area contributed by atoms with E-state index in [-0.39, 0.29) is 0 Å². The molecule has 3 rings (SSSR count). The summed E-state index contributed by atoms with van der Waals surface area (Å²) < 4.78 is 0. The molecule has 5 nitrogen and oxygen atoms in total. The highest BCUT2D eigenvalue weighted by molar-refractivity contribution is 7.14. The van der Waals surface area contributed by atoms with Crippen LogP contribution in [0.1, 0.15) is 11.1 Å². The van der Waals surface area contributed by atoms with Crippen molar-refractivity contribution >= 4 is 34.7 Å². The average molecular weight is 349 g/mol. The van der Waals surface area contributed by atoms with Crippen LogP contribution in [0.15, 0.2) is 71.2 Å². The van der Waals surface area contributed by atoms with Gasteiger partial charge in [-0.25, -0.2) is 9.78 Å². The van der Waals surface area contributed by atoms with E-state index in [0.717, 1.165) is 33.6 Å². The van der Waals surface area contributed by atoms with E-state index < -0.39 is 5.97 Å². The molecule has 0 bridgehead atoms. The zero-order valence-corrected chi connectivity index (χ0v) is 14.0. The van der Waals surface area contributed by atoms with E-state index >= 15 is 0 Å². The third kappa shape index (κ3) is 4.86. The van der Waals surface area contributed by atoms with Gasteiger partial charge in [-0.15, -0.1) is 11.3 Å². The van der Waals surface area contributed by atoms with Crippen molar-refractivity contribution in [1.29, 1.82) is 0 Å². The first-order valence-corrected chi connectivity index (χ1v) is 8.40. The van der Waals surface area contributed by atoms with Crippen molar-refractivity contribution in [1.82, 2.24) is 4.98 Å². The predicted molar refractivity (Wildman–Crippen MR) is 102 cm³/mol. The van der Waals surface area contributed by atoms with Gasteiger partial charge in [-0.2, -0.15) is 5.10 Å². The number of aliphatic carboxylic acids is 1. The van der Waals surface area contributed by atoms with Crippen LogP contribution in [0.3, 0.4) is 0 Å². The van der Waals surface area contributed by atoms with Gasteiger partial charge in [-0.05, 0) is 17.2 Å². The number of anilines is 1. The van der Waals surface area contributed by atoms with Crippen LogP contribution in [0.2, 0.25) is 0 Å². The van der Waals surface area contributed by atoms with E-state index in [0.29, 0.717) is 0 Å². The van der Waals surface area contributed by atoms with Crippen molar-refractivity contribution in [2.45, 2.75) is 0 Å². The number of rotatable bonds is 6. The van der Waals surface area contributed by atoms with Gasteiger partial charge in [0.05, 0.1) is 11.9 Å². The summed E-state index contributed by atoms with van der Waals surface area (Å²) in [7, 11) is 0. The van der Waals surface area contributed by atoms with Crippen molar-refractivity contribution in [2.75, 3.05) is 5.43 Å². The van der Waals surface area contributed by atoms with Gasteiger partial charge in [0.15, 0.2) is 0 Å². The topological polar surface area (TPSA) is 74.6 Å². The summed E-state index contributed by atoms with van der Waals surface area (Å²) in [4.78, 5) is 15.0. The Morgan fingerprint density at radius 2 is 1.80 bits per heavy atom. The number of nitrogens with one attached hydrogen (secondary N) is 1. The Labute approximate surface area is 149 Å². The largest absolute Gasteiger partial charge is 0.478 e. The average Bonchev–Trinajstić information content (AvgIpc) is 3.11. The lowest BCUT2D eigenvalue weighted by Crippen LogP contribution is -1.90. The Balaban J connectivity index is 1.60. The minimum Gasteiger partial charge on any atom is -0.478 e. The summed E-state index contributed by atoms with van der Waals surface area (Å²) in [5, 5.41) is 15.5. The smallest absolute Gasteiger partial charge is 0.328 e. The first-order chi connectivity index (χ1) is 12.2. The van der Waals surface area contributed by atoms with Crippen LogP contribution >= 0.6 is 11.3 Å². The van der Waals surface area contributed by atoms with Crippen LogP contribution in [0.4, 0.5) is 5.13 Å². The van der Waals surface area contributed by atoms with Crippen LogP contribution in [0.25, 0.3) is 17.3 Å². The lowest BCUT2D eigenvalue weighted by Gasteiger charge is -1.97. The third-order valence-corrected chi connectivity index (χ3v) is 4.05. The van der Waals surface area contributed by atoms with Gasteiger partial charge in [0.1, 0.15) is 0 Å². The van der Waals surface area contributed by atoms with E-state index in [1.54, 1.807) is 12.3 Å². The SMILES string of the molecule is O=C(O)C=Cc1ccc(C=NNc2nc(-c3ccccc3)cs2)cc1. The molecule has 6 heteroatoms. The number of carboxylic acids is 1. The summed E-state index contributed by atoms with van der Waals surface area (Å²) in [5.74, 6) is -0.965. The molecule has 0 saturated carbocycles. The number of aromatic nitrogens is 1. The summed E-state index contributed by atoms with van der Waals surface area (Å²) in [5.41, 5.74) is 6.63. The molecule has 25 heavy (non-hydrogen) atoms. The molecule has 0 fully saturated rings. The normalized spacial score (nSPS) is 11.2. The van der Waals surface area contributed by atoms with E-state index in [1.165, 1.54) is 11.3 Å². The molecule has 3 aromatic rings. The molecule has 0 atom stereocenters. The van der Waals surface area contributed by atoms with E-state index in [1.807, 2.05) is 60.0 Å². The molecule has 1 heterocycles. The second-order valence-corrected chi connectivity index (χ2v) is 5.97. The maximum absolute atomic E-state index is 10.5. The molecule has 0 spiro atoms. The van der Waals surface area contributed by atoms with Gasteiger partial charge >= 0.3 is 5.97 Å². The fourth-order valence-electron chi connectivity index (χ4n) is 2.09. The van der Waals surface area contributed by atoms with Gasteiger partial charge in [-0.3, -0.25) is 5.43 Å². The highest BCUT2D eigenvalue weighted by Crippen LogP contribution is 2.24. The molecule has 0 radical (unpaired) electrons. The summed E-state index contributed by atoms with van der Waals surface area (Å²) in [6.45, 7) is 0. The predicted octanol–water partition coefficient (Wildman–Crippen LogP) is 4.35. The van der Waals surface area contributed by atoms with Crippen molar-refractivity contribution < 1.29 is 9.90 Å². The van der Waals surface area contributed by atoms with Crippen LogP contribution in [-0.2, 0) is 4.79 Å². The van der Waals surface area contributed by atoms with Gasteiger partial charge in [0, 0.05) is 17.0 Å². The number of nitrogens with zero attached hydrogens (tertiary/aromatic N) is 2. The quantitative estimate of drug-likeness (QED) is 0.394. The standard InChI is InChI=1S/C19H15N3O2S/c23-18(24)11-10-14-6-8-15(9-7-14)12-20-22-19-21-17(13-25-19)16-4-2-1-3-5-16/h1-13H,(H,21,22)(H,23,24). The Kier molecular flexibility index (Phi) is 5.33. The van der Waals surface area contributed by atoms with Crippen LogP contribution in [0.5, 0.6) is 0 Å². The first-order valence-electron chi connectivity index (χ1n) is 7.52. The molecule has 0 aliphatic rings. The van der Waals surface area contributed by atoms with Crippen molar-refractivity contribution in [3.63, 3.8) is 0 Å². The lowest BCUT2D eigenvalue weighted by atomic mass is 10.1. The summed E-state index contributed by atoms with van der Waals surface area (Å²) in [6, 6.07) is 17.4. The Bertz CT molecular complexity index is 900. The number of carboxylic acid groups (broad SMARTS) is 1. The summed E-state index contributed by atoms with van der Waals surface area (Å²) in [6.07, 6.45) is 4.34. The maximum Gasteiger partial charge on any atom is 0.328 e. The highest BCUT2D eigenvalue weighted by atomic mass is 32.1. The fraction of sp³-hybridized carbons (Fsp3) is 0. The molecule has 1 aromatic heterocycles. The van der Waals surface area contributed by atoms with E-state index in [4.69, 9.17) is 5.11 Å². The Morgan fingerprint density at radius 1 is 1.08 bits per heavy atom. The Morgan fingerprint density at radius 3 is 2.52 bits per heavy atom. The molecule has 124 valence electrons. The zero-order chi connectivity index (χ0) is 17.5. The number of benzene rings is 2. The molecule has 0 aliphatic carbocycles. The number of thiazole rings is 1. The highest BCUT2D eigenvalue weighted by Gasteiger charge is 2.02. The number of carbonyl (C=O) groups is 1. The number of hydrogen-bond acceptors (Lipinski definition) is 5. The monoisotopic (exact) mass is 349 g/mol. The molecule has 0 saturated heterocycles. The third-order valence-electron chi connectivity index (χ3n) is 3.30. The van der Waals surface area contributed by atoms with Crippen LogP contribution < -0.4 is 5.43 Å². The molecular weight excluding hydrogens is 334 g/mol. The number of hydrogen-bond donors (Lipinski definition) is 2. The van der Waals surface area contributed by atoms with Crippen LogP contribution in [0, 0.1) is 0 Å². The van der Waals surface area contributed by atoms with Crippen molar-refractivity contribution in [3.05, 3.63) is 77.2 Å². The summed E-state index contributed by atoms with van der Waals surface area (Å²) >= 11 is 1.49. The van der Waals surface area contributed by atoms with E-state index in [9.17, 15) is 4.79 Å². The van der Waals surface area contributed by atoms with Gasteiger partial charge < -0.3 is 5.11 Å². The lowest BCUT2D eigenvalue weighted by molar-refractivity contribution is -0.131. The van der Waals surface area contributed by atoms with Gasteiger partial charge in [-0.1, -0.05) is 54.6 Å². The molecule has 2 N–H and O–H groups in total. The van der Waals surface area contributed by atoms with E-state index in [2.05, 4.69) is 15.5 Å². The number of hydrazone groups is 1. The van der Waals surface area contributed by atoms with Crippen molar-refractivity contribution in [3.8, 4) is 11.3 Å². The second-order valence-electron chi connectivity index (χ2n) is 5.11. The minimum atomic E-state index is -0.965. The van der Waals surface area contributed by atoms with Crippen LogP contribution in [-0.4, -0.2) is 22.3 Å². The molecule has 0 aliphatic heterocycles.